The Hall–Kier alpha value is -2.11. The predicted molar refractivity (Wildman–Crippen MR) is 95.7 cm³/mol. The summed E-state index contributed by atoms with van der Waals surface area (Å²) in [5.74, 6) is -0.916. The van der Waals surface area contributed by atoms with E-state index in [0.717, 1.165) is 16.6 Å². The van der Waals surface area contributed by atoms with E-state index in [1.165, 1.54) is 24.3 Å². The van der Waals surface area contributed by atoms with Gasteiger partial charge in [0.05, 0.1) is 4.90 Å². The van der Waals surface area contributed by atoms with E-state index in [0.29, 0.717) is 0 Å². The molecule has 0 radical (unpaired) electrons. The van der Waals surface area contributed by atoms with E-state index in [1.54, 1.807) is 12.1 Å². The van der Waals surface area contributed by atoms with E-state index in [9.17, 15) is 26.4 Å². The van der Waals surface area contributed by atoms with Gasteiger partial charge in [0.25, 0.3) is 0 Å². The van der Waals surface area contributed by atoms with E-state index in [-0.39, 0.29) is 23.5 Å². The van der Waals surface area contributed by atoms with E-state index in [4.69, 9.17) is 0 Å². The van der Waals surface area contributed by atoms with Gasteiger partial charge in [0, 0.05) is 23.1 Å². The van der Waals surface area contributed by atoms with Crippen LogP contribution in [0.25, 0.3) is 0 Å². The molecule has 0 spiro atoms. The third-order valence-corrected chi connectivity index (χ3v) is 5.15. The molecule has 0 saturated carbocycles. The molecule has 0 aromatic heterocycles. The van der Waals surface area contributed by atoms with Crippen LogP contribution in [0.3, 0.4) is 0 Å². The van der Waals surface area contributed by atoms with Crippen LogP contribution in [0.5, 0.6) is 5.75 Å². The van der Waals surface area contributed by atoms with Gasteiger partial charge in [0.1, 0.15) is 5.75 Å². The molecular weight excluding hydrogens is 453 g/mol. The lowest BCUT2D eigenvalue weighted by Crippen LogP contribution is -2.27. The van der Waals surface area contributed by atoms with E-state index in [2.05, 4.69) is 30.7 Å². The lowest BCUT2D eigenvalue weighted by atomic mass is 10.3. The number of hydrogen-bond acceptors (Lipinski definition) is 4. The molecule has 27 heavy (non-hydrogen) atoms. The fraction of sp³-hybridized carbons (Fsp3) is 0.188. The van der Waals surface area contributed by atoms with Crippen molar-refractivity contribution < 1.29 is 31.1 Å². The van der Waals surface area contributed by atoms with Crippen LogP contribution in [-0.4, -0.2) is 27.2 Å². The maximum atomic E-state index is 12.1. The zero-order valence-corrected chi connectivity index (χ0v) is 16.0. The van der Waals surface area contributed by atoms with Gasteiger partial charge in [-0.3, -0.25) is 4.79 Å². The molecule has 0 aliphatic carbocycles. The molecule has 0 atom stereocenters. The Morgan fingerprint density at radius 3 is 2.19 bits per heavy atom. The third-order valence-electron chi connectivity index (χ3n) is 3.14. The van der Waals surface area contributed by atoms with Crippen LogP contribution in [-0.2, 0) is 14.8 Å². The first-order valence-electron chi connectivity index (χ1n) is 7.46. The molecule has 0 aliphatic heterocycles. The summed E-state index contributed by atoms with van der Waals surface area (Å²) in [6, 6.07) is 10.6. The van der Waals surface area contributed by atoms with Crippen LogP contribution in [0.15, 0.2) is 57.9 Å². The zero-order valence-electron chi connectivity index (χ0n) is 13.6. The number of carbonyl (C=O) groups excluding carboxylic acids is 1. The Bertz CT molecular complexity index is 885. The first-order valence-corrected chi connectivity index (χ1v) is 9.74. The maximum Gasteiger partial charge on any atom is 0.573 e. The van der Waals surface area contributed by atoms with Crippen molar-refractivity contribution >= 4 is 37.5 Å². The monoisotopic (exact) mass is 466 g/mol. The highest BCUT2D eigenvalue weighted by atomic mass is 79.9. The summed E-state index contributed by atoms with van der Waals surface area (Å²) < 4.78 is 67.1. The Morgan fingerprint density at radius 1 is 1.04 bits per heavy atom. The van der Waals surface area contributed by atoms with Crippen LogP contribution in [0, 0.1) is 0 Å². The van der Waals surface area contributed by atoms with Gasteiger partial charge >= 0.3 is 6.36 Å². The lowest BCUT2D eigenvalue weighted by molar-refractivity contribution is -0.274. The summed E-state index contributed by atoms with van der Waals surface area (Å²) in [5.41, 5.74) is 0.255. The predicted octanol–water partition coefficient (Wildman–Crippen LogP) is 3.65. The fourth-order valence-corrected chi connectivity index (χ4v) is 3.26. The quantitative estimate of drug-likeness (QED) is 0.651. The van der Waals surface area contributed by atoms with Gasteiger partial charge in [-0.05, 0) is 48.5 Å². The number of amides is 1. The molecule has 2 aromatic rings. The molecule has 0 aliphatic rings. The minimum atomic E-state index is -4.79. The van der Waals surface area contributed by atoms with Crippen LogP contribution in [0.1, 0.15) is 6.42 Å². The molecule has 11 heteroatoms. The molecule has 146 valence electrons. The smallest absolute Gasteiger partial charge is 0.406 e. The van der Waals surface area contributed by atoms with Gasteiger partial charge in [-0.1, -0.05) is 15.9 Å². The number of rotatable bonds is 7. The number of ether oxygens (including phenoxy) is 1. The Labute approximate surface area is 161 Å². The number of sulfonamides is 1. The minimum Gasteiger partial charge on any atom is -0.406 e. The van der Waals surface area contributed by atoms with Crippen molar-refractivity contribution in [2.75, 3.05) is 11.9 Å². The molecule has 0 heterocycles. The van der Waals surface area contributed by atoms with E-state index >= 15 is 0 Å². The average molecular weight is 467 g/mol. The molecule has 2 rings (SSSR count). The summed E-state index contributed by atoms with van der Waals surface area (Å²) >= 11 is 3.20. The van der Waals surface area contributed by atoms with Crippen molar-refractivity contribution in [3.8, 4) is 5.75 Å². The molecule has 1 amide bonds. The van der Waals surface area contributed by atoms with E-state index < -0.39 is 28.0 Å². The largest absolute Gasteiger partial charge is 0.573 e. The summed E-state index contributed by atoms with van der Waals surface area (Å²) in [6.45, 7) is -0.139. The molecule has 0 saturated heterocycles. The molecule has 0 unspecified atom stereocenters. The van der Waals surface area contributed by atoms with Crippen molar-refractivity contribution in [3.05, 3.63) is 53.0 Å². The topological polar surface area (TPSA) is 84.5 Å². The minimum absolute atomic E-state index is 0.0614. The number of alkyl halides is 3. The Morgan fingerprint density at radius 2 is 1.63 bits per heavy atom. The first-order chi connectivity index (χ1) is 12.5. The molecule has 2 N–H and O–H groups in total. The summed E-state index contributed by atoms with van der Waals surface area (Å²) in [5, 5.41) is 2.45. The Kier molecular flexibility index (Phi) is 6.84. The fourth-order valence-electron chi connectivity index (χ4n) is 1.96. The lowest BCUT2D eigenvalue weighted by Gasteiger charge is -2.10. The van der Waals surface area contributed by atoms with Gasteiger partial charge in [-0.2, -0.15) is 0 Å². The average Bonchev–Trinajstić information content (AvgIpc) is 2.55. The van der Waals surface area contributed by atoms with Crippen LogP contribution < -0.4 is 14.8 Å². The summed E-state index contributed by atoms with van der Waals surface area (Å²) in [7, 11) is -3.74. The zero-order chi connectivity index (χ0) is 20.1. The van der Waals surface area contributed by atoms with Crippen molar-refractivity contribution in [3.63, 3.8) is 0 Å². The summed E-state index contributed by atoms with van der Waals surface area (Å²) in [4.78, 5) is 11.9. The number of hydrogen-bond donors (Lipinski definition) is 2. The number of benzene rings is 2. The highest BCUT2D eigenvalue weighted by Crippen LogP contribution is 2.24. The number of halogens is 4. The SMILES string of the molecule is O=C(CCNS(=O)(=O)c1ccc(Br)cc1)Nc1ccc(OC(F)(F)F)cc1. The molecule has 6 nitrogen and oxygen atoms in total. The highest BCUT2D eigenvalue weighted by Gasteiger charge is 2.30. The van der Waals surface area contributed by atoms with E-state index in [1.807, 2.05) is 0 Å². The second-order valence-corrected chi connectivity index (χ2v) is 7.90. The van der Waals surface area contributed by atoms with Crippen LogP contribution in [0.4, 0.5) is 18.9 Å². The van der Waals surface area contributed by atoms with Crippen LogP contribution >= 0.6 is 15.9 Å². The van der Waals surface area contributed by atoms with Crippen molar-refractivity contribution in [1.82, 2.24) is 4.72 Å². The standard InChI is InChI=1S/C16H14BrF3N2O4S/c17-11-1-7-14(8-2-11)27(24,25)21-10-9-15(23)22-12-3-5-13(6-4-12)26-16(18,19)20/h1-8,21H,9-10H2,(H,22,23). The molecular formula is C16H14BrF3N2O4S. The van der Waals surface area contributed by atoms with Gasteiger partial charge in [0.2, 0.25) is 15.9 Å². The second kappa shape index (κ2) is 8.72. The first kappa shape index (κ1) is 21.2. The molecule has 0 bridgehead atoms. The maximum absolute atomic E-state index is 12.1. The van der Waals surface area contributed by atoms with Crippen molar-refractivity contribution in [2.45, 2.75) is 17.7 Å². The Balaban J connectivity index is 1.83. The number of carbonyl (C=O) groups is 1. The van der Waals surface area contributed by atoms with Gasteiger partial charge in [-0.15, -0.1) is 13.2 Å². The molecule has 2 aromatic carbocycles. The third kappa shape index (κ3) is 7.19. The van der Waals surface area contributed by atoms with Gasteiger partial charge in [0.15, 0.2) is 0 Å². The highest BCUT2D eigenvalue weighted by molar-refractivity contribution is 9.10. The number of anilines is 1. The molecule has 0 fully saturated rings. The normalized spacial score (nSPS) is 11.9. The summed E-state index contributed by atoms with van der Waals surface area (Å²) in [6.07, 6.45) is -4.95. The van der Waals surface area contributed by atoms with Crippen molar-refractivity contribution in [2.24, 2.45) is 0 Å². The van der Waals surface area contributed by atoms with Gasteiger partial charge < -0.3 is 10.1 Å². The van der Waals surface area contributed by atoms with Crippen LogP contribution in [0.2, 0.25) is 0 Å². The van der Waals surface area contributed by atoms with Gasteiger partial charge in [-0.25, -0.2) is 13.1 Å². The second-order valence-electron chi connectivity index (χ2n) is 5.22. The number of nitrogens with one attached hydrogen (secondary N) is 2. The van der Waals surface area contributed by atoms with Crippen molar-refractivity contribution in [1.29, 1.82) is 0 Å².